The summed E-state index contributed by atoms with van der Waals surface area (Å²) in [5, 5.41) is 0. The van der Waals surface area contributed by atoms with Crippen LogP contribution in [0.1, 0.15) is 43.4 Å². The molecule has 0 aromatic heterocycles. The van der Waals surface area contributed by atoms with Crippen LogP contribution in [0.5, 0.6) is 0 Å². The van der Waals surface area contributed by atoms with Gasteiger partial charge in [-0.2, -0.15) is 0 Å². The molecule has 2 aromatic carbocycles. The summed E-state index contributed by atoms with van der Waals surface area (Å²) in [7, 11) is 0. The van der Waals surface area contributed by atoms with Gasteiger partial charge in [-0.25, -0.2) is 0 Å². The molecule has 0 radical (unpaired) electrons. The molecule has 0 N–H and O–H groups in total. The lowest BCUT2D eigenvalue weighted by molar-refractivity contribution is -0.0979. The molecule has 0 bridgehead atoms. The lowest BCUT2D eigenvalue weighted by atomic mass is 9.97. The quantitative estimate of drug-likeness (QED) is 0.754. The molecule has 22 heavy (non-hydrogen) atoms. The molecule has 1 aliphatic rings. The SMILES string of the molecule is CC[C@@]1(COCc2ccccc2)CC[C@H](c2ccccc2)O1. The fourth-order valence-electron chi connectivity index (χ4n) is 3.11. The van der Waals surface area contributed by atoms with Crippen molar-refractivity contribution in [2.24, 2.45) is 0 Å². The molecule has 1 heterocycles. The molecular formula is C20H24O2. The Balaban J connectivity index is 1.57. The lowest BCUT2D eigenvalue weighted by Crippen LogP contribution is -2.33. The molecule has 1 saturated heterocycles. The maximum atomic E-state index is 6.40. The molecule has 2 nitrogen and oxygen atoms in total. The van der Waals surface area contributed by atoms with Crippen molar-refractivity contribution in [3.05, 3.63) is 71.8 Å². The van der Waals surface area contributed by atoms with Crippen molar-refractivity contribution in [1.82, 2.24) is 0 Å². The highest BCUT2D eigenvalue weighted by molar-refractivity contribution is 5.19. The summed E-state index contributed by atoms with van der Waals surface area (Å²) >= 11 is 0. The van der Waals surface area contributed by atoms with Gasteiger partial charge in [-0.15, -0.1) is 0 Å². The van der Waals surface area contributed by atoms with Gasteiger partial charge in [0.1, 0.15) is 0 Å². The Kier molecular flexibility index (Phi) is 4.91. The number of hydrogen-bond acceptors (Lipinski definition) is 2. The van der Waals surface area contributed by atoms with E-state index in [-0.39, 0.29) is 11.7 Å². The summed E-state index contributed by atoms with van der Waals surface area (Å²) in [6, 6.07) is 20.8. The third-order valence-electron chi connectivity index (χ3n) is 4.55. The van der Waals surface area contributed by atoms with Crippen LogP contribution in [0.4, 0.5) is 0 Å². The van der Waals surface area contributed by atoms with E-state index in [2.05, 4.69) is 49.4 Å². The standard InChI is InChI=1S/C20H24O2/c1-2-20(16-21-15-17-9-5-3-6-10-17)14-13-19(22-20)18-11-7-4-8-12-18/h3-12,19H,2,13-16H2,1H3/t19-,20+/m1/s1. The second kappa shape index (κ2) is 7.08. The fourth-order valence-corrected chi connectivity index (χ4v) is 3.11. The van der Waals surface area contributed by atoms with Crippen molar-refractivity contribution in [3.63, 3.8) is 0 Å². The van der Waals surface area contributed by atoms with Gasteiger partial charge in [0, 0.05) is 0 Å². The van der Waals surface area contributed by atoms with Crippen LogP contribution in [0.25, 0.3) is 0 Å². The van der Waals surface area contributed by atoms with Gasteiger partial charge in [0.05, 0.1) is 24.9 Å². The average molecular weight is 296 g/mol. The summed E-state index contributed by atoms with van der Waals surface area (Å²) in [5.74, 6) is 0. The first-order valence-electron chi connectivity index (χ1n) is 8.16. The molecule has 2 heteroatoms. The lowest BCUT2D eigenvalue weighted by Gasteiger charge is -2.28. The molecule has 2 aromatic rings. The minimum absolute atomic E-state index is 0.130. The molecule has 0 aliphatic carbocycles. The summed E-state index contributed by atoms with van der Waals surface area (Å²) < 4.78 is 12.4. The van der Waals surface area contributed by atoms with Crippen LogP contribution in [-0.2, 0) is 16.1 Å². The molecule has 1 aliphatic heterocycles. The zero-order valence-corrected chi connectivity index (χ0v) is 13.2. The highest BCUT2D eigenvalue weighted by atomic mass is 16.6. The molecule has 0 unspecified atom stereocenters. The van der Waals surface area contributed by atoms with Gasteiger partial charge in [0.15, 0.2) is 0 Å². The number of benzene rings is 2. The van der Waals surface area contributed by atoms with E-state index in [0.29, 0.717) is 13.2 Å². The monoisotopic (exact) mass is 296 g/mol. The van der Waals surface area contributed by atoms with Crippen LogP contribution >= 0.6 is 0 Å². The van der Waals surface area contributed by atoms with Gasteiger partial charge in [0.25, 0.3) is 0 Å². The maximum Gasteiger partial charge on any atom is 0.0921 e. The molecule has 1 fully saturated rings. The third-order valence-corrected chi connectivity index (χ3v) is 4.55. The first kappa shape index (κ1) is 15.3. The van der Waals surface area contributed by atoms with Crippen molar-refractivity contribution >= 4 is 0 Å². The maximum absolute atomic E-state index is 6.40. The Morgan fingerprint density at radius 2 is 1.73 bits per heavy atom. The summed E-state index contributed by atoms with van der Waals surface area (Å²) in [4.78, 5) is 0. The van der Waals surface area contributed by atoms with Gasteiger partial charge >= 0.3 is 0 Å². The van der Waals surface area contributed by atoms with Crippen molar-refractivity contribution in [2.45, 2.75) is 44.5 Å². The van der Waals surface area contributed by atoms with Crippen molar-refractivity contribution in [2.75, 3.05) is 6.61 Å². The van der Waals surface area contributed by atoms with Gasteiger partial charge in [-0.1, -0.05) is 67.6 Å². The molecule has 0 saturated carbocycles. The van der Waals surface area contributed by atoms with E-state index in [4.69, 9.17) is 9.47 Å². The minimum Gasteiger partial charge on any atom is -0.374 e. The van der Waals surface area contributed by atoms with E-state index in [1.165, 1.54) is 11.1 Å². The number of ether oxygens (including phenoxy) is 2. The fraction of sp³-hybridized carbons (Fsp3) is 0.400. The van der Waals surface area contributed by atoms with Crippen molar-refractivity contribution in [1.29, 1.82) is 0 Å². The Morgan fingerprint density at radius 1 is 1.05 bits per heavy atom. The normalized spacial score (nSPS) is 24.5. The van der Waals surface area contributed by atoms with E-state index in [9.17, 15) is 0 Å². The second-order valence-corrected chi connectivity index (χ2v) is 6.07. The average Bonchev–Trinajstić information content (AvgIpc) is 3.02. The van der Waals surface area contributed by atoms with Crippen LogP contribution in [0, 0.1) is 0 Å². The van der Waals surface area contributed by atoms with E-state index in [1.54, 1.807) is 0 Å². The van der Waals surface area contributed by atoms with Crippen LogP contribution in [-0.4, -0.2) is 12.2 Å². The highest BCUT2D eigenvalue weighted by Crippen LogP contribution is 2.41. The third kappa shape index (κ3) is 3.57. The van der Waals surface area contributed by atoms with Crippen LogP contribution in [0.15, 0.2) is 60.7 Å². The van der Waals surface area contributed by atoms with Crippen molar-refractivity contribution < 1.29 is 9.47 Å². The number of rotatable bonds is 6. The van der Waals surface area contributed by atoms with E-state index in [0.717, 1.165) is 19.3 Å². The predicted octanol–water partition coefficient (Wildman–Crippen LogP) is 4.90. The summed E-state index contributed by atoms with van der Waals surface area (Å²) in [6.45, 7) is 3.52. The van der Waals surface area contributed by atoms with E-state index >= 15 is 0 Å². The Morgan fingerprint density at radius 3 is 2.41 bits per heavy atom. The second-order valence-electron chi connectivity index (χ2n) is 6.07. The van der Waals surface area contributed by atoms with Gasteiger partial charge in [-0.05, 0) is 30.4 Å². The van der Waals surface area contributed by atoms with Crippen LogP contribution < -0.4 is 0 Å². The number of hydrogen-bond donors (Lipinski definition) is 0. The molecule has 116 valence electrons. The van der Waals surface area contributed by atoms with Crippen LogP contribution in [0.2, 0.25) is 0 Å². The molecule has 0 spiro atoms. The van der Waals surface area contributed by atoms with E-state index in [1.807, 2.05) is 18.2 Å². The zero-order chi connectivity index (χ0) is 15.3. The molecular weight excluding hydrogens is 272 g/mol. The predicted molar refractivity (Wildman–Crippen MR) is 88.6 cm³/mol. The van der Waals surface area contributed by atoms with Gasteiger partial charge in [0.2, 0.25) is 0 Å². The molecule has 0 amide bonds. The van der Waals surface area contributed by atoms with Gasteiger partial charge in [-0.3, -0.25) is 0 Å². The summed E-state index contributed by atoms with van der Waals surface area (Å²) in [5.41, 5.74) is 2.36. The largest absolute Gasteiger partial charge is 0.374 e. The Hall–Kier alpha value is -1.64. The Bertz CT molecular complexity index is 567. The minimum atomic E-state index is -0.130. The van der Waals surface area contributed by atoms with Crippen LogP contribution in [0.3, 0.4) is 0 Å². The van der Waals surface area contributed by atoms with Gasteiger partial charge < -0.3 is 9.47 Å². The topological polar surface area (TPSA) is 18.5 Å². The Labute approximate surface area is 133 Å². The van der Waals surface area contributed by atoms with Crippen molar-refractivity contribution in [3.8, 4) is 0 Å². The highest BCUT2D eigenvalue weighted by Gasteiger charge is 2.39. The smallest absolute Gasteiger partial charge is 0.0921 e. The molecule has 3 rings (SSSR count). The summed E-state index contributed by atoms with van der Waals surface area (Å²) in [6.07, 6.45) is 3.34. The first-order valence-corrected chi connectivity index (χ1v) is 8.16. The first-order chi connectivity index (χ1) is 10.8. The zero-order valence-electron chi connectivity index (χ0n) is 13.2. The molecule has 2 atom stereocenters. The van der Waals surface area contributed by atoms with E-state index < -0.39 is 0 Å².